The minimum atomic E-state index is -0.335. The Morgan fingerprint density at radius 2 is 2.00 bits per heavy atom. The molecule has 0 aliphatic rings. The summed E-state index contributed by atoms with van der Waals surface area (Å²) in [5.74, 6) is 0. The van der Waals surface area contributed by atoms with Gasteiger partial charge in [0, 0.05) is 0 Å². The normalized spacial score (nSPS) is 11.7. The molecule has 0 aromatic heterocycles. The summed E-state index contributed by atoms with van der Waals surface area (Å²) in [6, 6.07) is 8.26. The van der Waals surface area contributed by atoms with Gasteiger partial charge in [-0.15, -0.1) is 0 Å². The third-order valence-corrected chi connectivity index (χ3v) is 4.70. The van der Waals surface area contributed by atoms with E-state index in [0.29, 0.717) is 3.81 Å². The van der Waals surface area contributed by atoms with Crippen LogP contribution in [0.15, 0.2) is 28.1 Å². The molecule has 1 nitrogen and oxygen atoms in total. The molecule has 0 heterocycles. The Bertz CT molecular complexity index is 314. The molecule has 0 aliphatic carbocycles. The second-order valence-electron chi connectivity index (χ2n) is 3.60. The third-order valence-electron chi connectivity index (χ3n) is 2.12. The van der Waals surface area contributed by atoms with Crippen molar-refractivity contribution < 1.29 is 5.11 Å². The van der Waals surface area contributed by atoms with Crippen molar-refractivity contribution in [3.8, 4) is 0 Å². The molecule has 0 unspecified atom stereocenters. The molecule has 0 atom stereocenters. The molecule has 0 radical (unpaired) electrons. The fourth-order valence-corrected chi connectivity index (χ4v) is 3.63. The van der Waals surface area contributed by atoms with Crippen molar-refractivity contribution in [2.45, 2.75) is 31.2 Å². The monoisotopic (exact) mass is 320 g/mol. The van der Waals surface area contributed by atoms with Crippen molar-refractivity contribution >= 4 is 27.0 Å². The van der Waals surface area contributed by atoms with Crippen LogP contribution in [0.25, 0.3) is 6.08 Å². The fraction of sp³-hybridized carbons (Fsp3) is 0.385. The number of aliphatic hydroxyl groups excluding tert-OH is 1. The van der Waals surface area contributed by atoms with Gasteiger partial charge in [0.05, 0.1) is 0 Å². The molecule has 15 heavy (non-hydrogen) atoms. The second kappa shape index (κ2) is 6.93. The van der Waals surface area contributed by atoms with Crippen molar-refractivity contribution in [2.75, 3.05) is 0 Å². The van der Waals surface area contributed by atoms with E-state index in [1.807, 2.05) is 6.08 Å². The van der Waals surface area contributed by atoms with E-state index < -0.39 is 0 Å². The van der Waals surface area contributed by atoms with Crippen LogP contribution in [0.2, 0.25) is 4.47 Å². The first kappa shape index (κ1) is 12.6. The first-order chi connectivity index (χ1) is 7.22. The maximum atomic E-state index is 9.72. The quantitative estimate of drug-likeness (QED) is 0.498. The van der Waals surface area contributed by atoms with E-state index in [1.165, 1.54) is 22.9 Å². The van der Waals surface area contributed by atoms with E-state index >= 15 is 0 Å². The summed E-state index contributed by atoms with van der Waals surface area (Å²) < 4.78 is 1.83. The van der Waals surface area contributed by atoms with Gasteiger partial charge in [-0.05, 0) is 0 Å². The Kier molecular flexibility index (Phi) is 5.83. The van der Waals surface area contributed by atoms with Gasteiger partial charge >= 0.3 is 102 Å². The predicted octanol–water partition coefficient (Wildman–Crippen LogP) is 3.77. The molecule has 0 saturated heterocycles. The van der Waals surface area contributed by atoms with Crippen molar-refractivity contribution in [3.05, 3.63) is 39.2 Å². The predicted molar refractivity (Wildman–Crippen MR) is 67.3 cm³/mol. The molecule has 0 amide bonds. The summed E-state index contributed by atoms with van der Waals surface area (Å²) in [7, 11) is 0. The second-order valence-corrected chi connectivity index (χ2v) is 6.78. The fourth-order valence-electron chi connectivity index (χ4n) is 1.17. The number of benzene rings is 1. The van der Waals surface area contributed by atoms with Gasteiger partial charge in [0.2, 0.25) is 0 Å². The summed E-state index contributed by atoms with van der Waals surface area (Å²) in [4.78, 5) is 0. The molecule has 0 spiro atoms. The van der Waals surface area contributed by atoms with Crippen LogP contribution in [0.1, 0.15) is 30.9 Å². The Balaban J connectivity index is 2.50. The Hall–Kier alpha value is -0.450. The summed E-state index contributed by atoms with van der Waals surface area (Å²) in [6.45, 7) is 4.26. The van der Waals surface area contributed by atoms with Crippen molar-refractivity contribution in [2.24, 2.45) is 0 Å². The van der Waals surface area contributed by atoms with Gasteiger partial charge in [-0.3, -0.25) is 0 Å². The van der Waals surface area contributed by atoms with Crippen LogP contribution in [0.3, 0.4) is 0 Å². The molecule has 1 rings (SSSR count). The Labute approximate surface area is 102 Å². The summed E-state index contributed by atoms with van der Waals surface area (Å²) >= 11 is -0.335. The maximum absolute atomic E-state index is 9.72. The van der Waals surface area contributed by atoms with Crippen LogP contribution in [0.5, 0.6) is 0 Å². The first-order valence-corrected chi connectivity index (χ1v) is 8.14. The molecule has 1 aromatic rings. The average molecular weight is 318 g/mol. The summed E-state index contributed by atoms with van der Waals surface area (Å²) in [6.07, 6.45) is 4.38. The SMILES string of the molecule is CCCC[Te]/C(O)=C\c1ccc(C)cc1. The summed E-state index contributed by atoms with van der Waals surface area (Å²) in [5.41, 5.74) is 2.37. The number of aliphatic hydroxyl groups is 1. The van der Waals surface area contributed by atoms with Gasteiger partial charge in [0.25, 0.3) is 0 Å². The Morgan fingerprint density at radius 3 is 2.60 bits per heavy atom. The van der Waals surface area contributed by atoms with E-state index in [9.17, 15) is 5.11 Å². The van der Waals surface area contributed by atoms with Crippen LogP contribution in [0, 0.1) is 6.92 Å². The first-order valence-electron chi connectivity index (χ1n) is 5.32. The van der Waals surface area contributed by atoms with Crippen molar-refractivity contribution in [3.63, 3.8) is 0 Å². The molecule has 1 N–H and O–H groups in total. The number of aryl methyl sites for hydroxylation is 1. The van der Waals surface area contributed by atoms with Gasteiger partial charge in [-0.1, -0.05) is 0 Å². The molecular weight excluding hydrogens is 300 g/mol. The van der Waals surface area contributed by atoms with E-state index in [4.69, 9.17) is 0 Å². The number of hydrogen-bond donors (Lipinski definition) is 1. The van der Waals surface area contributed by atoms with Crippen molar-refractivity contribution in [1.82, 2.24) is 0 Å². The molecule has 82 valence electrons. The van der Waals surface area contributed by atoms with Crippen molar-refractivity contribution in [1.29, 1.82) is 0 Å². The molecule has 1 aromatic carbocycles. The standard InChI is InChI=1S/C13H18OTe/c1-3-4-9-15-13(14)10-12-7-5-11(2)6-8-12/h5-8,10,14H,3-4,9H2,1-2H3/b13-10-. The van der Waals surface area contributed by atoms with Gasteiger partial charge in [-0.2, -0.15) is 0 Å². The van der Waals surface area contributed by atoms with Crippen LogP contribution in [0.4, 0.5) is 0 Å². The van der Waals surface area contributed by atoms with E-state index in [-0.39, 0.29) is 20.9 Å². The van der Waals surface area contributed by atoms with E-state index in [2.05, 4.69) is 38.1 Å². The molecule has 0 aliphatic heterocycles. The topological polar surface area (TPSA) is 20.2 Å². The van der Waals surface area contributed by atoms with E-state index in [0.717, 1.165) is 5.56 Å². The molecule has 0 fully saturated rings. The van der Waals surface area contributed by atoms with Crippen LogP contribution in [-0.4, -0.2) is 26.0 Å². The van der Waals surface area contributed by atoms with Gasteiger partial charge < -0.3 is 0 Å². The molecule has 0 bridgehead atoms. The zero-order valence-corrected chi connectivity index (χ0v) is 11.7. The van der Waals surface area contributed by atoms with Crippen LogP contribution < -0.4 is 0 Å². The molecule has 0 saturated carbocycles. The van der Waals surface area contributed by atoms with Gasteiger partial charge in [0.15, 0.2) is 0 Å². The number of unbranched alkanes of at least 4 members (excludes halogenated alkanes) is 1. The van der Waals surface area contributed by atoms with Crippen LogP contribution >= 0.6 is 0 Å². The molecule has 2 heteroatoms. The molecular formula is C13H18OTe. The zero-order chi connectivity index (χ0) is 11.1. The average Bonchev–Trinajstić information content (AvgIpc) is 2.22. The third kappa shape index (κ3) is 5.25. The van der Waals surface area contributed by atoms with Crippen LogP contribution in [-0.2, 0) is 0 Å². The summed E-state index contributed by atoms with van der Waals surface area (Å²) in [5, 5.41) is 9.72. The minimum absolute atomic E-state index is 0.335. The van der Waals surface area contributed by atoms with Gasteiger partial charge in [-0.25, -0.2) is 0 Å². The zero-order valence-electron chi connectivity index (χ0n) is 9.36. The number of rotatable bonds is 5. The van der Waals surface area contributed by atoms with E-state index in [1.54, 1.807) is 0 Å². The number of hydrogen-bond acceptors (Lipinski definition) is 1. The van der Waals surface area contributed by atoms with Gasteiger partial charge in [0.1, 0.15) is 0 Å². The Morgan fingerprint density at radius 1 is 1.33 bits per heavy atom.